The third-order valence-electron chi connectivity index (χ3n) is 5.77. The maximum absolute atomic E-state index is 12.4. The fraction of sp³-hybridized carbons (Fsp3) is 0.944. The van der Waals surface area contributed by atoms with Crippen LogP contribution in [-0.2, 0) is 0 Å². The quantitative estimate of drug-likeness (QED) is 0.799. The van der Waals surface area contributed by atoms with Crippen molar-refractivity contribution in [1.82, 2.24) is 10.6 Å². The normalized spacial score (nSPS) is 37.3. The molecule has 0 aromatic carbocycles. The van der Waals surface area contributed by atoms with E-state index in [1.807, 2.05) is 0 Å². The molecule has 0 radical (unpaired) electrons. The van der Waals surface area contributed by atoms with E-state index in [1.165, 1.54) is 32.1 Å². The molecule has 2 amide bonds. The number of carbonyl (C=O) groups excluding carboxylic acids is 1. The lowest BCUT2D eigenvalue weighted by Gasteiger charge is -2.38. The maximum Gasteiger partial charge on any atom is 0.315 e. The summed E-state index contributed by atoms with van der Waals surface area (Å²) in [5, 5.41) is 6.54. The lowest BCUT2D eigenvalue weighted by molar-refractivity contribution is 0.164. The number of rotatable bonds is 3. The zero-order valence-corrected chi connectivity index (χ0v) is 14.3. The van der Waals surface area contributed by atoms with Crippen LogP contribution < -0.4 is 10.6 Å². The number of hydrogen-bond acceptors (Lipinski definition) is 1. The molecule has 2 N–H and O–H groups in total. The molecule has 122 valence electrons. The van der Waals surface area contributed by atoms with Crippen molar-refractivity contribution >= 4 is 6.03 Å². The molecule has 0 bridgehead atoms. The minimum Gasteiger partial charge on any atom is -0.335 e. The first-order chi connectivity index (χ1) is 9.97. The summed E-state index contributed by atoms with van der Waals surface area (Å²) >= 11 is 0. The topological polar surface area (TPSA) is 41.1 Å². The summed E-state index contributed by atoms with van der Waals surface area (Å²) in [4.78, 5) is 12.4. The van der Waals surface area contributed by atoms with Crippen molar-refractivity contribution < 1.29 is 4.79 Å². The second-order valence-electron chi connectivity index (χ2n) is 7.92. The van der Waals surface area contributed by atoms with Crippen LogP contribution in [0.3, 0.4) is 0 Å². The van der Waals surface area contributed by atoms with E-state index in [2.05, 4.69) is 38.3 Å². The van der Waals surface area contributed by atoms with Crippen molar-refractivity contribution in [1.29, 1.82) is 0 Å². The molecule has 0 aromatic heterocycles. The first-order valence-corrected chi connectivity index (χ1v) is 9.04. The van der Waals surface area contributed by atoms with Crippen molar-refractivity contribution in [2.24, 2.45) is 23.7 Å². The number of nitrogens with one attached hydrogen (secondary N) is 2. The van der Waals surface area contributed by atoms with Crippen LogP contribution in [-0.4, -0.2) is 18.1 Å². The van der Waals surface area contributed by atoms with Gasteiger partial charge in [-0.25, -0.2) is 4.79 Å². The predicted molar refractivity (Wildman–Crippen MR) is 88.2 cm³/mol. The molecule has 2 fully saturated rings. The summed E-state index contributed by atoms with van der Waals surface area (Å²) < 4.78 is 0. The van der Waals surface area contributed by atoms with E-state index in [0.29, 0.717) is 29.8 Å². The first-order valence-electron chi connectivity index (χ1n) is 9.04. The fourth-order valence-corrected chi connectivity index (χ4v) is 4.28. The van der Waals surface area contributed by atoms with Crippen LogP contribution in [0.5, 0.6) is 0 Å². The molecule has 0 spiro atoms. The van der Waals surface area contributed by atoms with Gasteiger partial charge in [-0.15, -0.1) is 0 Å². The Morgan fingerprint density at radius 2 is 1.62 bits per heavy atom. The van der Waals surface area contributed by atoms with Gasteiger partial charge >= 0.3 is 6.03 Å². The van der Waals surface area contributed by atoms with Crippen LogP contribution in [0.2, 0.25) is 0 Å². The monoisotopic (exact) mass is 294 g/mol. The van der Waals surface area contributed by atoms with Gasteiger partial charge in [0.2, 0.25) is 0 Å². The van der Waals surface area contributed by atoms with Gasteiger partial charge < -0.3 is 10.6 Å². The summed E-state index contributed by atoms with van der Waals surface area (Å²) in [5.41, 5.74) is 0. The molecular weight excluding hydrogens is 260 g/mol. The molecule has 2 rings (SSSR count). The predicted octanol–water partition coefficient (Wildman–Crippen LogP) is 4.33. The molecule has 0 aromatic rings. The van der Waals surface area contributed by atoms with Crippen LogP contribution in [0.1, 0.15) is 72.6 Å². The summed E-state index contributed by atoms with van der Waals surface area (Å²) in [7, 11) is 0. The average molecular weight is 294 g/mol. The summed E-state index contributed by atoms with van der Waals surface area (Å²) in [6, 6.07) is 0.795. The van der Waals surface area contributed by atoms with Gasteiger partial charge in [-0.1, -0.05) is 47.0 Å². The third kappa shape index (κ3) is 4.62. The Labute approximate surface area is 130 Å². The Bertz CT molecular complexity index is 342. The van der Waals surface area contributed by atoms with Gasteiger partial charge in [0.25, 0.3) is 0 Å². The number of hydrogen-bond donors (Lipinski definition) is 2. The number of amides is 2. The summed E-state index contributed by atoms with van der Waals surface area (Å²) in [5.74, 6) is 2.64. The van der Waals surface area contributed by atoms with Crippen LogP contribution in [0, 0.1) is 23.7 Å². The Morgan fingerprint density at radius 3 is 2.29 bits per heavy atom. The Balaban J connectivity index is 1.87. The molecule has 21 heavy (non-hydrogen) atoms. The number of urea groups is 1. The van der Waals surface area contributed by atoms with Crippen LogP contribution >= 0.6 is 0 Å². The molecule has 2 saturated carbocycles. The zero-order chi connectivity index (χ0) is 15.4. The average Bonchev–Trinajstić information content (AvgIpc) is 2.41. The summed E-state index contributed by atoms with van der Waals surface area (Å²) in [6.45, 7) is 9.16. The standard InChI is InChI=1S/C18H34N2O/c1-12(2)15-10-9-13(3)11-17(15)20-18(21)19-16-8-6-5-7-14(16)4/h12-17H,5-11H2,1-4H3,(H2,19,20,21). The van der Waals surface area contributed by atoms with Gasteiger partial charge in [0.15, 0.2) is 0 Å². The van der Waals surface area contributed by atoms with E-state index >= 15 is 0 Å². The van der Waals surface area contributed by atoms with Crippen LogP contribution in [0.25, 0.3) is 0 Å². The molecule has 2 aliphatic carbocycles. The second-order valence-corrected chi connectivity index (χ2v) is 7.92. The molecule has 2 aliphatic rings. The molecule has 0 heterocycles. The van der Waals surface area contributed by atoms with Gasteiger partial charge in [-0.3, -0.25) is 0 Å². The number of carbonyl (C=O) groups is 1. The Morgan fingerprint density at radius 1 is 0.952 bits per heavy atom. The maximum atomic E-state index is 12.4. The molecule has 5 unspecified atom stereocenters. The Kier molecular flexibility index (Phi) is 5.95. The van der Waals surface area contributed by atoms with Gasteiger partial charge in [-0.05, 0) is 49.4 Å². The Hall–Kier alpha value is -0.730. The third-order valence-corrected chi connectivity index (χ3v) is 5.77. The van der Waals surface area contributed by atoms with E-state index in [0.717, 1.165) is 18.8 Å². The van der Waals surface area contributed by atoms with Gasteiger partial charge in [0, 0.05) is 12.1 Å². The highest BCUT2D eigenvalue weighted by Gasteiger charge is 2.32. The van der Waals surface area contributed by atoms with Crippen molar-refractivity contribution in [3.05, 3.63) is 0 Å². The second kappa shape index (κ2) is 7.51. The molecule has 0 saturated heterocycles. The van der Waals surface area contributed by atoms with Crippen LogP contribution in [0.15, 0.2) is 0 Å². The van der Waals surface area contributed by atoms with Gasteiger partial charge in [0.1, 0.15) is 0 Å². The fourth-order valence-electron chi connectivity index (χ4n) is 4.28. The van der Waals surface area contributed by atoms with E-state index in [9.17, 15) is 4.79 Å². The van der Waals surface area contributed by atoms with E-state index in [-0.39, 0.29) is 6.03 Å². The highest BCUT2D eigenvalue weighted by Crippen LogP contribution is 2.33. The molecule has 3 nitrogen and oxygen atoms in total. The smallest absolute Gasteiger partial charge is 0.315 e. The van der Waals surface area contributed by atoms with Crippen molar-refractivity contribution in [3.8, 4) is 0 Å². The highest BCUT2D eigenvalue weighted by molar-refractivity contribution is 5.74. The van der Waals surface area contributed by atoms with Crippen molar-refractivity contribution in [2.75, 3.05) is 0 Å². The SMILES string of the molecule is CC1CCC(C(C)C)C(NC(=O)NC2CCCCC2C)C1. The van der Waals surface area contributed by atoms with Crippen LogP contribution in [0.4, 0.5) is 4.79 Å². The van der Waals surface area contributed by atoms with Crippen molar-refractivity contribution in [2.45, 2.75) is 84.7 Å². The van der Waals surface area contributed by atoms with Gasteiger partial charge in [-0.2, -0.15) is 0 Å². The lowest BCUT2D eigenvalue weighted by Crippen LogP contribution is -2.52. The largest absolute Gasteiger partial charge is 0.335 e. The minimum atomic E-state index is 0.0681. The van der Waals surface area contributed by atoms with Crippen molar-refractivity contribution in [3.63, 3.8) is 0 Å². The highest BCUT2D eigenvalue weighted by atomic mass is 16.2. The molecule has 0 aliphatic heterocycles. The van der Waals surface area contributed by atoms with Gasteiger partial charge in [0.05, 0.1) is 0 Å². The van der Waals surface area contributed by atoms with E-state index in [4.69, 9.17) is 0 Å². The molecule has 5 atom stereocenters. The molecular formula is C18H34N2O. The zero-order valence-electron chi connectivity index (χ0n) is 14.3. The minimum absolute atomic E-state index is 0.0681. The van der Waals surface area contributed by atoms with E-state index < -0.39 is 0 Å². The first kappa shape index (κ1) is 16.6. The van der Waals surface area contributed by atoms with E-state index in [1.54, 1.807) is 0 Å². The lowest BCUT2D eigenvalue weighted by atomic mass is 9.74. The molecule has 3 heteroatoms. The summed E-state index contributed by atoms with van der Waals surface area (Å²) in [6.07, 6.45) is 8.66.